The second kappa shape index (κ2) is 9.93. The minimum Gasteiger partial charge on any atom is -0.339 e. The molecule has 2 nitrogen and oxygen atoms in total. The first kappa shape index (κ1) is 18.1. The van der Waals surface area contributed by atoms with Crippen LogP contribution in [0.25, 0.3) is 0 Å². The first-order valence-electron chi connectivity index (χ1n) is 7.84. The Labute approximate surface area is 135 Å². The van der Waals surface area contributed by atoms with Crippen molar-refractivity contribution in [2.45, 2.75) is 52.4 Å². The van der Waals surface area contributed by atoms with E-state index in [0.717, 1.165) is 51.6 Å². The number of amides is 1. The monoisotopic (exact) mass is 357 g/mol. The molecule has 118 valence electrons. The Morgan fingerprint density at radius 2 is 1.67 bits per heavy atom. The summed E-state index contributed by atoms with van der Waals surface area (Å²) in [4.78, 5) is 14.5. The Bertz CT molecular complexity index is 440. The van der Waals surface area contributed by atoms with E-state index >= 15 is 0 Å². The zero-order chi connectivity index (χ0) is 15.7. The van der Waals surface area contributed by atoms with Crippen molar-refractivity contribution in [3.8, 4) is 0 Å². The van der Waals surface area contributed by atoms with E-state index in [4.69, 9.17) is 0 Å². The second-order valence-electron chi connectivity index (χ2n) is 5.33. The third-order valence-corrected chi connectivity index (χ3v) is 4.20. The van der Waals surface area contributed by atoms with Crippen LogP contribution in [0.15, 0.2) is 22.7 Å². The van der Waals surface area contributed by atoms with Crippen LogP contribution in [0.4, 0.5) is 4.39 Å². The number of hydrogen-bond acceptors (Lipinski definition) is 1. The van der Waals surface area contributed by atoms with Crippen molar-refractivity contribution in [1.82, 2.24) is 4.90 Å². The standard InChI is InChI=1S/C17H25BrFNO/c1-3-5-7-11-20(12-8-6-4-2)17(21)15-13-14(19)9-10-16(15)18/h9-10,13H,3-8,11-12H2,1-2H3. The lowest BCUT2D eigenvalue weighted by Gasteiger charge is -2.23. The van der Waals surface area contributed by atoms with Gasteiger partial charge in [0.15, 0.2) is 0 Å². The van der Waals surface area contributed by atoms with E-state index in [9.17, 15) is 9.18 Å². The van der Waals surface area contributed by atoms with Gasteiger partial charge in [0.05, 0.1) is 5.56 Å². The van der Waals surface area contributed by atoms with Crippen molar-refractivity contribution in [1.29, 1.82) is 0 Å². The van der Waals surface area contributed by atoms with Crippen molar-refractivity contribution < 1.29 is 9.18 Å². The lowest BCUT2D eigenvalue weighted by atomic mass is 10.1. The molecule has 0 bridgehead atoms. The molecule has 1 aromatic carbocycles. The molecular formula is C17H25BrFNO. The van der Waals surface area contributed by atoms with Crippen LogP contribution in [0.2, 0.25) is 0 Å². The minimum atomic E-state index is -0.372. The van der Waals surface area contributed by atoms with Crippen molar-refractivity contribution in [3.05, 3.63) is 34.1 Å². The normalized spacial score (nSPS) is 10.7. The molecule has 0 aromatic heterocycles. The smallest absolute Gasteiger partial charge is 0.255 e. The topological polar surface area (TPSA) is 20.3 Å². The van der Waals surface area contributed by atoms with Crippen LogP contribution in [0, 0.1) is 5.82 Å². The predicted octanol–water partition coefficient (Wildman–Crippen LogP) is 5.41. The molecular weight excluding hydrogens is 333 g/mol. The number of rotatable bonds is 9. The lowest BCUT2D eigenvalue weighted by molar-refractivity contribution is 0.0748. The lowest BCUT2D eigenvalue weighted by Crippen LogP contribution is -2.33. The molecule has 4 heteroatoms. The largest absolute Gasteiger partial charge is 0.339 e. The van der Waals surface area contributed by atoms with Crippen molar-refractivity contribution in [3.63, 3.8) is 0 Å². The maximum absolute atomic E-state index is 13.4. The van der Waals surface area contributed by atoms with E-state index < -0.39 is 0 Å². The number of carbonyl (C=O) groups excluding carboxylic acids is 1. The SMILES string of the molecule is CCCCCN(CCCCC)C(=O)c1cc(F)ccc1Br. The van der Waals surface area contributed by atoms with Crippen LogP contribution in [0.3, 0.4) is 0 Å². The molecule has 0 atom stereocenters. The number of halogens is 2. The molecule has 0 spiro atoms. The Hall–Kier alpha value is -0.900. The molecule has 0 aliphatic heterocycles. The number of nitrogens with zero attached hydrogens (tertiary/aromatic N) is 1. The Morgan fingerprint density at radius 3 is 2.19 bits per heavy atom. The summed E-state index contributed by atoms with van der Waals surface area (Å²) >= 11 is 3.35. The molecule has 0 unspecified atom stereocenters. The van der Waals surface area contributed by atoms with Gasteiger partial charge in [0.2, 0.25) is 0 Å². The molecule has 0 saturated carbocycles. The molecule has 1 amide bonds. The first-order valence-corrected chi connectivity index (χ1v) is 8.63. The van der Waals surface area contributed by atoms with Crippen LogP contribution in [-0.4, -0.2) is 23.9 Å². The van der Waals surface area contributed by atoms with E-state index in [1.165, 1.54) is 12.1 Å². The van der Waals surface area contributed by atoms with Crippen LogP contribution in [-0.2, 0) is 0 Å². The fraction of sp³-hybridized carbons (Fsp3) is 0.588. The Kier molecular flexibility index (Phi) is 8.58. The van der Waals surface area contributed by atoms with E-state index in [2.05, 4.69) is 29.8 Å². The maximum Gasteiger partial charge on any atom is 0.255 e. The zero-order valence-electron chi connectivity index (χ0n) is 13.0. The van der Waals surface area contributed by atoms with Crippen LogP contribution in [0.5, 0.6) is 0 Å². The summed E-state index contributed by atoms with van der Waals surface area (Å²) < 4.78 is 14.0. The average molecular weight is 358 g/mol. The highest BCUT2D eigenvalue weighted by Gasteiger charge is 2.18. The van der Waals surface area contributed by atoms with E-state index in [-0.39, 0.29) is 11.7 Å². The molecule has 1 rings (SSSR count). The quantitative estimate of drug-likeness (QED) is 0.541. The van der Waals surface area contributed by atoms with Crippen LogP contribution in [0.1, 0.15) is 62.7 Å². The third kappa shape index (κ3) is 6.16. The third-order valence-electron chi connectivity index (χ3n) is 3.51. The van der Waals surface area contributed by atoms with Crippen LogP contribution >= 0.6 is 15.9 Å². The summed E-state index contributed by atoms with van der Waals surface area (Å²) in [6.07, 6.45) is 6.48. The van der Waals surface area contributed by atoms with Gasteiger partial charge in [0, 0.05) is 17.6 Å². The second-order valence-corrected chi connectivity index (χ2v) is 6.18. The molecule has 0 aliphatic rings. The molecule has 0 heterocycles. The molecule has 0 saturated heterocycles. The highest BCUT2D eigenvalue weighted by atomic mass is 79.9. The number of benzene rings is 1. The summed E-state index contributed by atoms with van der Waals surface area (Å²) in [6.45, 7) is 5.79. The van der Waals surface area contributed by atoms with Gasteiger partial charge >= 0.3 is 0 Å². The van der Waals surface area contributed by atoms with Gasteiger partial charge < -0.3 is 4.90 Å². The van der Waals surface area contributed by atoms with Gasteiger partial charge in [0.25, 0.3) is 5.91 Å². The summed E-state index contributed by atoms with van der Waals surface area (Å²) in [5.74, 6) is -0.447. The van der Waals surface area contributed by atoms with Gasteiger partial charge in [-0.05, 0) is 47.0 Å². The summed E-state index contributed by atoms with van der Waals surface area (Å²) in [5, 5.41) is 0. The van der Waals surface area contributed by atoms with Crippen molar-refractivity contribution in [2.24, 2.45) is 0 Å². The predicted molar refractivity (Wildman–Crippen MR) is 89.1 cm³/mol. The Balaban J connectivity index is 2.79. The van der Waals surface area contributed by atoms with Gasteiger partial charge in [-0.25, -0.2) is 4.39 Å². The van der Waals surface area contributed by atoms with E-state index in [0.29, 0.717) is 10.0 Å². The molecule has 1 aromatic rings. The average Bonchev–Trinajstić information content (AvgIpc) is 2.48. The van der Waals surface area contributed by atoms with Crippen molar-refractivity contribution in [2.75, 3.05) is 13.1 Å². The summed E-state index contributed by atoms with van der Waals surface area (Å²) in [7, 11) is 0. The van der Waals surface area contributed by atoms with Gasteiger partial charge in [-0.3, -0.25) is 4.79 Å². The molecule has 0 fully saturated rings. The van der Waals surface area contributed by atoms with E-state index in [1.54, 1.807) is 6.07 Å². The molecule has 0 radical (unpaired) electrons. The van der Waals surface area contributed by atoms with Crippen molar-refractivity contribution >= 4 is 21.8 Å². The highest BCUT2D eigenvalue weighted by molar-refractivity contribution is 9.10. The maximum atomic E-state index is 13.4. The zero-order valence-corrected chi connectivity index (χ0v) is 14.6. The molecule has 21 heavy (non-hydrogen) atoms. The van der Waals surface area contributed by atoms with Gasteiger partial charge in [0.1, 0.15) is 5.82 Å². The van der Waals surface area contributed by atoms with Crippen LogP contribution < -0.4 is 0 Å². The number of carbonyl (C=O) groups is 1. The number of unbranched alkanes of at least 4 members (excludes halogenated alkanes) is 4. The van der Waals surface area contributed by atoms with E-state index in [1.807, 2.05) is 4.90 Å². The fourth-order valence-electron chi connectivity index (χ4n) is 2.25. The van der Waals surface area contributed by atoms with Gasteiger partial charge in [-0.15, -0.1) is 0 Å². The number of hydrogen-bond donors (Lipinski definition) is 0. The first-order chi connectivity index (χ1) is 10.1. The summed E-state index contributed by atoms with van der Waals surface area (Å²) in [5.41, 5.74) is 0.419. The molecule has 0 aliphatic carbocycles. The highest BCUT2D eigenvalue weighted by Crippen LogP contribution is 2.20. The van der Waals surface area contributed by atoms with Gasteiger partial charge in [-0.2, -0.15) is 0 Å². The molecule has 0 N–H and O–H groups in total. The minimum absolute atomic E-state index is 0.0754. The van der Waals surface area contributed by atoms with Gasteiger partial charge in [-0.1, -0.05) is 39.5 Å². The Morgan fingerprint density at radius 1 is 1.10 bits per heavy atom. The summed E-state index contributed by atoms with van der Waals surface area (Å²) in [6, 6.07) is 4.28. The fourth-order valence-corrected chi connectivity index (χ4v) is 2.67.